The van der Waals surface area contributed by atoms with Crippen molar-refractivity contribution in [2.45, 2.75) is 44.6 Å². The third-order valence-electron chi connectivity index (χ3n) is 3.98. The molecule has 0 bridgehead atoms. The minimum atomic E-state index is -0.747. The molecule has 4 heteroatoms. The van der Waals surface area contributed by atoms with Crippen LogP contribution in [0.4, 0.5) is 5.69 Å². The summed E-state index contributed by atoms with van der Waals surface area (Å²) in [5, 5.41) is 11.5. The van der Waals surface area contributed by atoms with Gasteiger partial charge in [0.05, 0.1) is 18.0 Å². The molecule has 2 unspecified atom stereocenters. The van der Waals surface area contributed by atoms with Gasteiger partial charge in [-0.25, -0.2) is 0 Å². The van der Waals surface area contributed by atoms with E-state index in [1.165, 1.54) is 0 Å². The molecule has 2 rings (SSSR count). The fourth-order valence-electron chi connectivity index (χ4n) is 2.85. The Morgan fingerprint density at radius 1 is 1.50 bits per heavy atom. The average molecular weight is 271 g/mol. The second kappa shape index (κ2) is 6.06. The van der Waals surface area contributed by atoms with Crippen molar-refractivity contribution in [3.05, 3.63) is 29.8 Å². The topological polar surface area (TPSA) is 78.9 Å². The molecule has 1 aromatic carbocycles. The number of rotatable bonds is 3. The van der Waals surface area contributed by atoms with E-state index in [1.807, 2.05) is 24.3 Å². The Balaban J connectivity index is 2.02. The van der Waals surface area contributed by atoms with Crippen molar-refractivity contribution >= 4 is 11.6 Å². The van der Waals surface area contributed by atoms with Gasteiger partial charge in [0.2, 0.25) is 5.91 Å². The molecule has 0 radical (unpaired) electrons. The fraction of sp³-hybridized carbons (Fsp3) is 0.500. The number of hydrogen-bond acceptors (Lipinski definition) is 3. The summed E-state index contributed by atoms with van der Waals surface area (Å²) in [5.41, 5.74) is 7.20. The molecule has 0 aromatic heterocycles. The van der Waals surface area contributed by atoms with E-state index < -0.39 is 5.54 Å². The number of amides is 1. The smallest absolute Gasteiger partial charge is 0.244 e. The quantitative estimate of drug-likeness (QED) is 0.886. The van der Waals surface area contributed by atoms with E-state index in [9.17, 15) is 4.79 Å². The van der Waals surface area contributed by atoms with Crippen LogP contribution in [0.3, 0.4) is 0 Å². The largest absolute Gasteiger partial charge is 0.324 e. The highest BCUT2D eigenvalue weighted by Crippen LogP contribution is 2.31. The lowest BCUT2D eigenvalue weighted by Gasteiger charge is -2.35. The summed E-state index contributed by atoms with van der Waals surface area (Å²) in [6, 6.07) is 9.44. The van der Waals surface area contributed by atoms with Gasteiger partial charge in [0.15, 0.2) is 0 Å². The normalized spacial score (nSPS) is 25.8. The van der Waals surface area contributed by atoms with E-state index in [4.69, 9.17) is 11.0 Å². The molecule has 2 atom stereocenters. The highest BCUT2D eigenvalue weighted by Gasteiger charge is 2.37. The van der Waals surface area contributed by atoms with Crippen molar-refractivity contribution in [2.24, 2.45) is 11.7 Å². The van der Waals surface area contributed by atoms with Crippen molar-refractivity contribution in [1.29, 1.82) is 5.26 Å². The van der Waals surface area contributed by atoms with Gasteiger partial charge in [0.25, 0.3) is 0 Å². The molecule has 0 spiro atoms. The zero-order valence-electron chi connectivity index (χ0n) is 11.9. The van der Waals surface area contributed by atoms with E-state index in [1.54, 1.807) is 0 Å². The second-order valence-corrected chi connectivity index (χ2v) is 5.84. The van der Waals surface area contributed by atoms with Crippen molar-refractivity contribution in [1.82, 2.24) is 0 Å². The van der Waals surface area contributed by atoms with Crippen molar-refractivity contribution in [2.75, 3.05) is 5.32 Å². The van der Waals surface area contributed by atoms with Gasteiger partial charge in [-0.05, 0) is 36.5 Å². The second-order valence-electron chi connectivity index (χ2n) is 5.84. The van der Waals surface area contributed by atoms with Crippen LogP contribution in [-0.2, 0) is 11.2 Å². The lowest BCUT2D eigenvalue weighted by atomic mass is 9.76. The van der Waals surface area contributed by atoms with Crippen LogP contribution < -0.4 is 11.1 Å². The maximum absolute atomic E-state index is 12.4. The van der Waals surface area contributed by atoms with E-state index in [-0.39, 0.29) is 5.91 Å². The lowest BCUT2D eigenvalue weighted by Crippen LogP contribution is -2.53. The van der Waals surface area contributed by atoms with Crippen LogP contribution in [0.5, 0.6) is 0 Å². The maximum atomic E-state index is 12.4. The molecule has 1 aliphatic rings. The van der Waals surface area contributed by atoms with Crippen molar-refractivity contribution in [3.63, 3.8) is 0 Å². The molecule has 4 nitrogen and oxygen atoms in total. The summed E-state index contributed by atoms with van der Waals surface area (Å²) < 4.78 is 0. The highest BCUT2D eigenvalue weighted by atomic mass is 16.2. The average Bonchev–Trinajstić information content (AvgIpc) is 2.41. The van der Waals surface area contributed by atoms with E-state index in [0.717, 1.165) is 36.9 Å². The Morgan fingerprint density at radius 3 is 2.80 bits per heavy atom. The zero-order chi connectivity index (χ0) is 14.6. The molecule has 20 heavy (non-hydrogen) atoms. The maximum Gasteiger partial charge on any atom is 0.244 e. The number of nitrogens with zero attached hydrogens (tertiary/aromatic N) is 1. The number of nitriles is 1. The van der Waals surface area contributed by atoms with E-state index >= 15 is 0 Å². The molecule has 106 valence electrons. The lowest BCUT2D eigenvalue weighted by molar-refractivity contribution is -0.122. The minimum Gasteiger partial charge on any atom is -0.324 e. The van der Waals surface area contributed by atoms with Gasteiger partial charge in [-0.3, -0.25) is 4.79 Å². The predicted octanol–water partition coefficient (Wildman–Crippen LogP) is 2.60. The number of carbonyl (C=O) groups is 1. The van der Waals surface area contributed by atoms with E-state index in [0.29, 0.717) is 12.3 Å². The molecule has 1 amide bonds. The summed E-state index contributed by atoms with van der Waals surface area (Å²) in [6.45, 7) is 2.14. The van der Waals surface area contributed by atoms with Gasteiger partial charge in [-0.15, -0.1) is 0 Å². The summed E-state index contributed by atoms with van der Waals surface area (Å²) >= 11 is 0. The third kappa shape index (κ3) is 3.37. The van der Waals surface area contributed by atoms with E-state index in [2.05, 4.69) is 18.3 Å². The Hall–Kier alpha value is -1.86. The van der Waals surface area contributed by atoms with Gasteiger partial charge in [0.1, 0.15) is 0 Å². The first kappa shape index (κ1) is 14.5. The number of hydrogen-bond donors (Lipinski definition) is 2. The third-order valence-corrected chi connectivity index (χ3v) is 3.98. The Labute approximate surface area is 120 Å². The Bertz CT molecular complexity index is 518. The van der Waals surface area contributed by atoms with Crippen LogP contribution in [-0.4, -0.2) is 11.4 Å². The summed E-state index contributed by atoms with van der Waals surface area (Å²) in [7, 11) is 0. The van der Waals surface area contributed by atoms with Gasteiger partial charge >= 0.3 is 0 Å². The number of carbonyl (C=O) groups excluding carboxylic acids is 1. The molecule has 1 saturated carbocycles. The molecular formula is C16H21N3O. The van der Waals surface area contributed by atoms with Crippen LogP contribution in [0.15, 0.2) is 24.3 Å². The van der Waals surface area contributed by atoms with Crippen molar-refractivity contribution in [3.8, 4) is 6.07 Å². The molecule has 0 aliphatic heterocycles. The van der Waals surface area contributed by atoms with Crippen LogP contribution in [0.2, 0.25) is 0 Å². The zero-order valence-corrected chi connectivity index (χ0v) is 11.9. The van der Waals surface area contributed by atoms with Gasteiger partial charge in [0, 0.05) is 5.69 Å². The highest BCUT2D eigenvalue weighted by molar-refractivity contribution is 5.98. The first-order valence-electron chi connectivity index (χ1n) is 7.10. The SMILES string of the molecule is CC1CCCC(N)(C(=O)Nc2ccc(CC#N)cc2)C1. The molecule has 0 heterocycles. The molecule has 3 N–H and O–H groups in total. The van der Waals surface area contributed by atoms with Crippen molar-refractivity contribution < 1.29 is 4.79 Å². The molecule has 1 aliphatic carbocycles. The standard InChI is InChI=1S/C16H21N3O/c1-12-3-2-9-16(18,11-12)15(20)19-14-6-4-13(5-7-14)8-10-17/h4-7,12H,2-3,8-9,11,18H2,1H3,(H,19,20). The van der Waals surface area contributed by atoms with Crippen LogP contribution in [0, 0.1) is 17.2 Å². The Morgan fingerprint density at radius 2 is 2.20 bits per heavy atom. The molecule has 1 fully saturated rings. The van der Waals surface area contributed by atoms with Gasteiger partial charge < -0.3 is 11.1 Å². The number of nitrogens with one attached hydrogen (secondary N) is 1. The van der Waals surface area contributed by atoms with Gasteiger partial charge in [-0.2, -0.15) is 5.26 Å². The van der Waals surface area contributed by atoms with Crippen LogP contribution in [0.1, 0.15) is 38.2 Å². The minimum absolute atomic E-state index is 0.0999. The monoisotopic (exact) mass is 271 g/mol. The predicted molar refractivity (Wildman–Crippen MR) is 78.9 cm³/mol. The van der Waals surface area contributed by atoms with Crippen LogP contribution in [0.25, 0.3) is 0 Å². The summed E-state index contributed by atoms with van der Waals surface area (Å²) in [6.07, 6.45) is 4.02. The summed E-state index contributed by atoms with van der Waals surface area (Å²) in [5.74, 6) is 0.398. The molecule has 0 saturated heterocycles. The van der Waals surface area contributed by atoms with Gasteiger partial charge in [-0.1, -0.05) is 31.9 Å². The number of nitrogens with two attached hydrogens (primary N) is 1. The molecule has 1 aromatic rings. The summed E-state index contributed by atoms with van der Waals surface area (Å²) in [4.78, 5) is 12.4. The number of anilines is 1. The number of benzene rings is 1. The fourth-order valence-corrected chi connectivity index (χ4v) is 2.85. The van der Waals surface area contributed by atoms with Crippen LogP contribution >= 0.6 is 0 Å². The Kier molecular flexibility index (Phi) is 4.41. The first-order chi connectivity index (χ1) is 9.53. The first-order valence-corrected chi connectivity index (χ1v) is 7.10. The molecular weight excluding hydrogens is 250 g/mol.